The molecule has 0 bridgehead atoms. The number of carbonyl (C=O) groups excluding carboxylic acids is 3. The summed E-state index contributed by atoms with van der Waals surface area (Å²) in [6.07, 6.45) is 0.411. The van der Waals surface area contributed by atoms with Crippen LogP contribution in [0.25, 0.3) is 0 Å². The molecule has 1 aliphatic rings. The number of benzene rings is 1. The number of amides is 2. The molecule has 1 unspecified atom stereocenters. The van der Waals surface area contributed by atoms with Crippen molar-refractivity contribution >= 4 is 40.5 Å². The number of piperazine rings is 1. The number of nitrogens with zero attached hydrogens (tertiary/aromatic N) is 2. The summed E-state index contributed by atoms with van der Waals surface area (Å²) in [5.74, 6) is -0.445. The molecule has 1 aromatic carbocycles. The van der Waals surface area contributed by atoms with Gasteiger partial charge < -0.3 is 10.6 Å². The van der Waals surface area contributed by atoms with Gasteiger partial charge >= 0.3 is 0 Å². The Labute approximate surface area is 185 Å². The maximum Gasteiger partial charge on any atom is 0.239 e. The van der Waals surface area contributed by atoms with E-state index in [0.29, 0.717) is 31.2 Å². The lowest BCUT2D eigenvalue weighted by atomic mass is 10.0. The summed E-state index contributed by atoms with van der Waals surface area (Å²) in [7, 11) is 0. The minimum absolute atomic E-state index is 0.0142. The molecule has 1 aliphatic heterocycles. The van der Waals surface area contributed by atoms with Crippen molar-refractivity contribution in [3.63, 3.8) is 0 Å². The average Bonchev–Trinajstić information content (AvgIpc) is 3.06. The first-order valence-electron chi connectivity index (χ1n) is 9.93. The van der Waals surface area contributed by atoms with Gasteiger partial charge in [-0.15, -0.1) is 11.3 Å². The molecule has 0 saturated carbocycles. The first-order chi connectivity index (χ1) is 14.3. The molecule has 1 fully saturated rings. The van der Waals surface area contributed by atoms with Gasteiger partial charge in [0.1, 0.15) is 6.04 Å². The van der Waals surface area contributed by atoms with E-state index >= 15 is 0 Å². The highest BCUT2D eigenvalue weighted by Crippen LogP contribution is 2.25. The van der Waals surface area contributed by atoms with Crippen LogP contribution >= 0.6 is 22.9 Å². The molecule has 3 rings (SSSR count). The Morgan fingerprint density at radius 1 is 1.07 bits per heavy atom. The third-order valence-electron chi connectivity index (χ3n) is 5.39. The second kappa shape index (κ2) is 9.73. The molecule has 8 heteroatoms. The third kappa shape index (κ3) is 5.28. The second-order valence-corrected chi connectivity index (χ2v) is 9.42. The van der Waals surface area contributed by atoms with Crippen LogP contribution in [0.5, 0.6) is 0 Å². The first kappa shape index (κ1) is 22.5. The fourth-order valence-corrected chi connectivity index (χ4v) is 4.92. The van der Waals surface area contributed by atoms with E-state index in [9.17, 15) is 14.4 Å². The Kier molecular flexibility index (Phi) is 7.28. The van der Waals surface area contributed by atoms with Crippen molar-refractivity contribution in [2.24, 2.45) is 5.73 Å². The number of hydrogen-bond acceptors (Lipinski definition) is 5. The van der Waals surface area contributed by atoms with Crippen LogP contribution in [0.3, 0.4) is 0 Å². The van der Waals surface area contributed by atoms with E-state index in [1.54, 1.807) is 40.5 Å². The maximum absolute atomic E-state index is 12.6. The number of aryl methyl sites for hydroxylation is 2. The third-order valence-corrected chi connectivity index (χ3v) is 6.61. The van der Waals surface area contributed by atoms with Gasteiger partial charge in [0.25, 0.3) is 0 Å². The zero-order valence-corrected chi connectivity index (χ0v) is 18.8. The molecule has 30 heavy (non-hydrogen) atoms. The van der Waals surface area contributed by atoms with Crippen LogP contribution in [0.1, 0.15) is 44.6 Å². The van der Waals surface area contributed by atoms with Gasteiger partial charge in [0.15, 0.2) is 5.78 Å². The Balaban J connectivity index is 1.54. The maximum atomic E-state index is 12.6. The standard InChI is InChI=1S/C22H26ClN3O3S/c1-14-13-18(15(2)30-14)19(27)7-8-20(28)25-9-11-26(12-10-25)21(22(24)29)16-3-5-17(23)6-4-16/h3-6,13,21H,7-12H2,1-2H3,(H2,24,29). The van der Waals surface area contributed by atoms with Crippen molar-refractivity contribution in [3.05, 3.63) is 56.2 Å². The number of halogens is 1. The summed E-state index contributed by atoms with van der Waals surface area (Å²) < 4.78 is 0. The molecule has 2 N–H and O–H groups in total. The van der Waals surface area contributed by atoms with Crippen molar-refractivity contribution in [1.82, 2.24) is 9.80 Å². The second-order valence-electron chi connectivity index (χ2n) is 7.52. The Morgan fingerprint density at radius 2 is 1.70 bits per heavy atom. The number of Topliss-reactive ketones (excluding diaryl/α,β-unsaturated/α-hetero) is 1. The normalized spacial score (nSPS) is 15.8. The van der Waals surface area contributed by atoms with Gasteiger partial charge in [0, 0.05) is 59.4 Å². The van der Waals surface area contributed by atoms with Crippen LogP contribution in [0, 0.1) is 13.8 Å². The SMILES string of the molecule is Cc1cc(C(=O)CCC(=O)N2CCN(C(C(N)=O)c3ccc(Cl)cc3)CC2)c(C)s1. The number of primary amides is 1. The van der Waals surface area contributed by atoms with E-state index in [0.717, 1.165) is 20.9 Å². The topological polar surface area (TPSA) is 83.7 Å². The average molecular weight is 448 g/mol. The van der Waals surface area contributed by atoms with E-state index in [2.05, 4.69) is 0 Å². The lowest BCUT2D eigenvalue weighted by molar-refractivity contribution is -0.134. The van der Waals surface area contributed by atoms with Gasteiger partial charge in [0.2, 0.25) is 11.8 Å². The van der Waals surface area contributed by atoms with Crippen molar-refractivity contribution in [1.29, 1.82) is 0 Å². The zero-order chi connectivity index (χ0) is 21.8. The number of hydrogen-bond donors (Lipinski definition) is 1. The van der Waals surface area contributed by atoms with Gasteiger partial charge in [-0.1, -0.05) is 23.7 Å². The van der Waals surface area contributed by atoms with Crippen LogP contribution in [-0.2, 0) is 9.59 Å². The van der Waals surface area contributed by atoms with E-state index in [-0.39, 0.29) is 24.5 Å². The van der Waals surface area contributed by atoms with Gasteiger partial charge in [-0.05, 0) is 37.6 Å². The Morgan fingerprint density at radius 3 is 2.23 bits per heavy atom. The van der Waals surface area contributed by atoms with Crippen molar-refractivity contribution in [2.45, 2.75) is 32.7 Å². The smallest absolute Gasteiger partial charge is 0.239 e. The predicted molar refractivity (Wildman–Crippen MR) is 119 cm³/mol. The molecular weight excluding hydrogens is 422 g/mol. The number of carbonyl (C=O) groups is 3. The fourth-order valence-electron chi connectivity index (χ4n) is 3.85. The molecule has 160 valence electrons. The van der Waals surface area contributed by atoms with Gasteiger partial charge in [0.05, 0.1) is 0 Å². The lowest BCUT2D eigenvalue weighted by Crippen LogP contribution is -2.51. The highest BCUT2D eigenvalue weighted by Gasteiger charge is 2.30. The monoisotopic (exact) mass is 447 g/mol. The molecule has 0 spiro atoms. The van der Waals surface area contributed by atoms with Gasteiger partial charge in [-0.2, -0.15) is 0 Å². The van der Waals surface area contributed by atoms with Crippen molar-refractivity contribution < 1.29 is 14.4 Å². The van der Waals surface area contributed by atoms with Crippen molar-refractivity contribution in [2.75, 3.05) is 26.2 Å². The van der Waals surface area contributed by atoms with Crippen LogP contribution in [-0.4, -0.2) is 53.6 Å². The number of thiophene rings is 1. The zero-order valence-electron chi connectivity index (χ0n) is 17.2. The molecule has 0 aliphatic carbocycles. The van der Waals surface area contributed by atoms with Crippen LogP contribution in [0.4, 0.5) is 0 Å². The van der Waals surface area contributed by atoms with E-state index in [1.165, 1.54) is 0 Å². The highest BCUT2D eigenvalue weighted by molar-refractivity contribution is 7.12. The summed E-state index contributed by atoms with van der Waals surface area (Å²) in [4.78, 5) is 42.9. The number of nitrogens with two attached hydrogens (primary N) is 1. The first-order valence-corrected chi connectivity index (χ1v) is 11.1. The highest BCUT2D eigenvalue weighted by atomic mass is 35.5. The summed E-state index contributed by atoms with van der Waals surface area (Å²) >= 11 is 7.54. The summed E-state index contributed by atoms with van der Waals surface area (Å²) in [6.45, 7) is 5.99. The molecule has 6 nitrogen and oxygen atoms in total. The molecule has 2 amide bonds. The lowest BCUT2D eigenvalue weighted by Gasteiger charge is -2.38. The van der Waals surface area contributed by atoms with E-state index < -0.39 is 11.9 Å². The summed E-state index contributed by atoms with van der Waals surface area (Å²) in [6, 6.07) is 8.42. The quantitative estimate of drug-likeness (QED) is 0.659. The molecule has 1 atom stereocenters. The number of ketones is 1. The predicted octanol–water partition coefficient (Wildman–Crippen LogP) is 3.35. The minimum atomic E-state index is -0.550. The van der Waals surface area contributed by atoms with Crippen LogP contribution in [0.2, 0.25) is 5.02 Å². The van der Waals surface area contributed by atoms with E-state index in [1.807, 2.05) is 24.8 Å². The van der Waals surface area contributed by atoms with Crippen molar-refractivity contribution in [3.8, 4) is 0 Å². The summed E-state index contributed by atoms with van der Waals surface area (Å²) in [5.41, 5.74) is 7.17. The fraction of sp³-hybridized carbons (Fsp3) is 0.409. The minimum Gasteiger partial charge on any atom is -0.368 e. The van der Waals surface area contributed by atoms with Crippen LogP contribution in [0.15, 0.2) is 30.3 Å². The molecule has 2 heterocycles. The van der Waals surface area contributed by atoms with Crippen LogP contribution < -0.4 is 5.73 Å². The van der Waals surface area contributed by atoms with E-state index in [4.69, 9.17) is 17.3 Å². The Bertz CT molecular complexity index is 934. The molecular formula is C22H26ClN3O3S. The van der Waals surface area contributed by atoms with Gasteiger partial charge in [-0.3, -0.25) is 19.3 Å². The molecule has 1 saturated heterocycles. The molecule has 2 aromatic rings. The Hall–Kier alpha value is -2.22. The molecule has 1 aromatic heterocycles. The summed E-state index contributed by atoms with van der Waals surface area (Å²) in [5, 5.41) is 0.597. The molecule has 0 radical (unpaired) electrons. The number of rotatable bonds is 7. The van der Waals surface area contributed by atoms with Gasteiger partial charge in [-0.25, -0.2) is 0 Å². The largest absolute Gasteiger partial charge is 0.368 e.